The molecule has 2 nitrogen and oxygen atoms in total. The predicted molar refractivity (Wildman–Crippen MR) is 70.4 cm³/mol. The predicted octanol–water partition coefficient (Wildman–Crippen LogP) is 2.94. The Labute approximate surface area is 108 Å². The standard InChI is InChI=1S/C13H14BrFN2/c14-12-1-2-13(15)11(7-12)9-17-6-4-10(8-17)3-5-16/h1-2,4,6-8H,3,5,9,16H2. The maximum Gasteiger partial charge on any atom is 0.128 e. The zero-order chi connectivity index (χ0) is 12.3. The van der Waals surface area contributed by atoms with E-state index in [-0.39, 0.29) is 5.82 Å². The zero-order valence-electron chi connectivity index (χ0n) is 9.37. The largest absolute Gasteiger partial charge is 0.350 e. The summed E-state index contributed by atoms with van der Waals surface area (Å²) in [5.41, 5.74) is 7.35. The number of benzene rings is 1. The number of nitrogens with two attached hydrogens (primary N) is 1. The Morgan fingerprint density at radius 1 is 1.29 bits per heavy atom. The van der Waals surface area contributed by atoms with Crippen molar-refractivity contribution in [3.05, 3.63) is 58.1 Å². The smallest absolute Gasteiger partial charge is 0.128 e. The maximum absolute atomic E-state index is 13.6. The number of nitrogens with zero attached hydrogens (tertiary/aromatic N) is 1. The van der Waals surface area contributed by atoms with Crippen molar-refractivity contribution in [2.24, 2.45) is 5.73 Å². The van der Waals surface area contributed by atoms with Crippen LogP contribution in [0.2, 0.25) is 0 Å². The molecule has 0 spiro atoms. The van der Waals surface area contributed by atoms with Gasteiger partial charge in [-0.2, -0.15) is 0 Å². The van der Waals surface area contributed by atoms with Crippen LogP contribution in [0.15, 0.2) is 41.1 Å². The van der Waals surface area contributed by atoms with Gasteiger partial charge in [-0.25, -0.2) is 4.39 Å². The lowest BCUT2D eigenvalue weighted by atomic mass is 10.2. The van der Waals surface area contributed by atoms with E-state index in [1.165, 1.54) is 11.6 Å². The topological polar surface area (TPSA) is 30.9 Å². The lowest BCUT2D eigenvalue weighted by Crippen LogP contribution is -2.02. The van der Waals surface area contributed by atoms with Crippen molar-refractivity contribution in [1.29, 1.82) is 0 Å². The van der Waals surface area contributed by atoms with Crippen LogP contribution >= 0.6 is 15.9 Å². The van der Waals surface area contributed by atoms with Crippen LogP contribution in [-0.2, 0) is 13.0 Å². The Morgan fingerprint density at radius 3 is 2.88 bits per heavy atom. The molecule has 0 aliphatic carbocycles. The summed E-state index contributed by atoms with van der Waals surface area (Å²) in [7, 11) is 0. The molecule has 0 radical (unpaired) electrons. The minimum absolute atomic E-state index is 0.178. The third-order valence-electron chi connectivity index (χ3n) is 2.61. The summed E-state index contributed by atoms with van der Waals surface area (Å²) in [4.78, 5) is 0. The molecule has 17 heavy (non-hydrogen) atoms. The minimum Gasteiger partial charge on any atom is -0.350 e. The van der Waals surface area contributed by atoms with Gasteiger partial charge in [-0.1, -0.05) is 15.9 Å². The molecule has 2 aromatic rings. The summed E-state index contributed by atoms with van der Waals surface area (Å²) in [5, 5.41) is 0. The Hall–Kier alpha value is -1.13. The van der Waals surface area contributed by atoms with Gasteiger partial charge in [0.25, 0.3) is 0 Å². The first-order valence-corrected chi connectivity index (χ1v) is 6.27. The van der Waals surface area contributed by atoms with E-state index in [0.29, 0.717) is 18.7 Å². The van der Waals surface area contributed by atoms with Crippen molar-refractivity contribution in [1.82, 2.24) is 4.57 Å². The first kappa shape index (κ1) is 12.3. The quantitative estimate of drug-likeness (QED) is 0.924. The van der Waals surface area contributed by atoms with E-state index in [1.54, 1.807) is 12.1 Å². The molecule has 1 aromatic carbocycles. The van der Waals surface area contributed by atoms with Gasteiger partial charge in [-0.3, -0.25) is 0 Å². The Bertz CT molecular complexity index is 508. The van der Waals surface area contributed by atoms with E-state index in [2.05, 4.69) is 15.9 Å². The number of hydrogen-bond acceptors (Lipinski definition) is 1. The molecule has 2 N–H and O–H groups in total. The Morgan fingerprint density at radius 2 is 2.12 bits per heavy atom. The molecule has 1 heterocycles. The van der Waals surface area contributed by atoms with Crippen LogP contribution in [0.4, 0.5) is 4.39 Å². The highest BCUT2D eigenvalue weighted by Gasteiger charge is 2.04. The lowest BCUT2D eigenvalue weighted by Gasteiger charge is -2.05. The first-order chi connectivity index (χ1) is 8.19. The van der Waals surface area contributed by atoms with Crippen molar-refractivity contribution >= 4 is 15.9 Å². The van der Waals surface area contributed by atoms with Gasteiger partial charge in [0, 0.05) is 29.0 Å². The van der Waals surface area contributed by atoms with Crippen molar-refractivity contribution in [3.8, 4) is 0 Å². The summed E-state index contributed by atoms with van der Waals surface area (Å²) in [6.45, 7) is 1.17. The van der Waals surface area contributed by atoms with Gasteiger partial charge in [0.2, 0.25) is 0 Å². The van der Waals surface area contributed by atoms with Crippen LogP contribution in [0.25, 0.3) is 0 Å². The summed E-state index contributed by atoms with van der Waals surface area (Å²) in [5.74, 6) is -0.178. The van der Waals surface area contributed by atoms with Gasteiger partial charge >= 0.3 is 0 Å². The third-order valence-corrected chi connectivity index (χ3v) is 3.10. The van der Waals surface area contributed by atoms with E-state index in [0.717, 1.165) is 10.9 Å². The van der Waals surface area contributed by atoms with Gasteiger partial charge < -0.3 is 10.3 Å². The summed E-state index contributed by atoms with van der Waals surface area (Å²) < 4.78 is 16.4. The molecule has 0 fully saturated rings. The van der Waals surface area contributed by atoms with Crippen LogP contribution in [0.3, 0.4) is 0 Å². The molecule has 0 saturated carbocycles. The van der Waals surface area contributed by atoms with Crippen LogP contribution in [0, 0.1) is 5.82 Å². The van der Waals surface area contributed by atoms with Crippen molar-refractivity contribution in [3.63, 3.8) is 0 Å². The molecule has 0 saturated heterocycles. The van der Waals surface area contributed by atoms with E-state index < -0.39 is 0 Å². The highest BCUT2D eigenvalue weighted by molar-refractivity contribution is 9.10. The second-order valence-corrected chi connectivity index (χ2v) is 4.88. The SMILES string of the molecule is NCCc1ccn(Cc2cc(Br)ccc2F)c1. The lowest BCUT2D eigenvalue weighted by molar-refractivity contribution is 0.599. The molecule has 0 atom stereocenters. The van der Waals surface area contributed by atoms with Crippen molar-refractivity contribution in [2.75, 3.05) is 6.54 Å². The van der Waals surface area contributed by atoms with E-state index in [9.17, 15) is 4.39 Å². The molecular formula is C13H14BrFN2. The third kappa shape index (κ3) is 3.17. The fourth-order valence-corrected chi connectivity index (χ4v) is 2.17. The zero-order valence-corrected chi connectivity index (χ0v) is 11.0. The van der Waals surface area contributed by atoms with Gasteiger partial charge in [0.1, 0.15) is 5.82 Å². The number of halogens is 2. The molecule has 0 amide bonds. The summed E-state index contributed by atoms with van der Waals surface area (Å²) in [6, 6.07) is 7.00. The van der Waals surface area contributed by atoms with Gasteiger partial charge in [-0.05, 0) is 42.8 Å². The normalized spacial score (nSPS) is 10.8. The van der Waals surface area contributed by atoms with E-state index in [4.69, 9.17) is 5.73 Å². The molecule has 1 aromatic heterocycles. The van der Waals surface area contributed by atoms with Crippen LogP contribution in [0.1, 0.15) is 11.1 Å². The molecule has 0 aliphatic rings. The minimum atomic E-state index is -0.178. The average molecular weight is 297 g/mol. The van der Waals surface area contributed by atoms with Gasteiger partial charge in [0.15, 0.2) is 0 Å². The first-order valence-electron chi connectivity index (χ1n) is 5.47. The monoisotopic (exact) mass is 296 g/mol. The summed E-state index contributed by atoms with van der Waals surface area (Å²) >= 11 is 3.35. The maximum atomic E-state index is 13.6. The second kappa shape index (κ2) is 5.47. The van der Waals surface area contributed by atoms with E-state index in [1.807, 2.05) is 23.0 Å². The Balaban J connectivity index is 2.16. The molecule has 90 valence electrons. The summed E-state index contributed by atoms with van der Waals surface area (Å²) in [6.07, 6.45) is 4.81. The Kier molecular flexibility index (Phi) is 3.97. The number of aromatic nitrogens is 1. The molecule has 4 heteroatoms. The second-order valence-electron chi connectivity index (χ2n) is 3.97. The van der Waals surface area contributed by atoms with Crippen LogP contribution < -0.4 is 5.73 Å². The number of rotatable bonds is 4. The molecule has 0 bridgehead atoms. The van der Waals surface area contributed by atoms with E-state index >= 15 is 0 Å². The highest BCUT2D eigenvalue weighted by atomic mass is 79.9. The van der Waals surface area contributed by atoms with Crippen molar-refractivity contribution < 1.29 is 4.39 Å². The highest BCUT2D eigenvalue weighted by Crippen LogP contribution is 2.17. The average Bonchev–Trinajstić information content (AvgIpc) is 2.72. The molecular weight excluding hydrogens is 283 g/mol. The fourth-order valence-electron chi connectivity index (χ4n) is 1.76. The fraction of sp³-hybridized carbons (Fsp3) is 0.231. The van der Waals surface area contributed by atoms with Crippen LogP contribution in [0.5, 0.6) is 0 Å². The van der Waals surface area contributed by atoms with Crippen LogP contribution in [-0.4, -0.2) is 11.1 Å². The molecule has 0 aliphatic heterocycles. The van der Waals surface area contributed by atoms with Crippen molar-refractivity contribution in [2.45, 2.75) is 13.0 Å². The van der Waals surface area contributed by atoms with Gasteiger partial charge in [-0.15, -0.1) is 0 Å². The molecule has 2 rings (SSSR count). The van der Waals surface area contributed by atoms with Gasteiger partial charge in [0.05, 0.1) is 0 Å². The number of hydrogen-bond donors (Lipinski definition) is 1. The molecule has 0 unspecified atom stereocenters.